The summed E-state index contributed by atoms with van der Waals surface area (Å²) in [4.78, 5) is 25.6. The molecule has 0 aromatic heterocycles. The molecule has 5 nitrogen and oxygen atoms in total. The van der Waals surface area contributed by atoms with Gasteiger partial charge in [0.15, 0.2) is 0 Å². The third kappa shape index (κ3) is 3.14. The van der Waals surface area contributed by atoms with E-state index in [1.165, 1.54) is 0 Å². The highest BCUT2D eigenvalue weighted by molar-refractivity contribution is 5.83. The Morgan fingerprint density at radius 3 is 2.65 bits per heavy atom. The number of nitrogens with zero attached hydrogens (tertiary/aromatic N) is 1. The molecule has 2 fully saturated rings. The lowest BCUT2D eigenvalue weighted by atomic mass is 9.95. The summed E-state index contributed by atoms with van der Waals surface area (Å²) >= 11 is 0. The van der Waals surface area contributed by atoms with E-state index in [0.29, 0.717) is 6.61 Å². The first-order valence-electron chi connectivity index (χ1n) is 7.20. The highest BCUT2D eigenvalue weighted by Gasteiger charge is 2.47. The average molecular weight is 281 g/mol. The van der Waals surface area contributed by atoms with Gasteiger partial charge in [0.05, 0.1) is 12.6 Å². The maximum atomic E-state index is 12.2. The fourth-order valence-corrected chi connectivity index (χ4v) is 2.94. The van der Waals surface area contributed by atoms with Crippen molar-refractivity contribution in [3.63, 3.8) is 0 Å². The van der Waals surface area contributed by atoms with Crippen molar-refractivity contribution < 1.29 is 19.1 Å². The fraction of sp³-hybridized carbons (Fsp3) is 0.733. The SMILES string of the molecule is CCOC(=O)/C=C1\C[C@H]2CC[C@@H]1N2C(=O)OC(C)(C)C. The fourth-order valence-electron chi connectivity index (χ4n) is 2.94. The number of amides is 1. The van der Waals surface area contributed by atoms with Gasteiger partial charge >= 0.3 is 12.1 Å². The van der Waals surface area contributed by atoms with Gasteiger partial charge in [0, 0.05) is 12.1 Å². The average Bonchev–Trinajstić information content (AvgIpc) is 2.83. The molecule has 2 aliphatic heterocycles. The van der Waals surface area contributed by atoms with Crippen LogP contribution in [0.4, 0.5) is 4.79 Å². The molecule has 1 amide bonds. The minimum atomic E-state index is -0.496. The predicted octanol–water partition coefficient (Wildman–Crippen LogP) is 2.65. The maximum absolute atomic E-state index is 12.2. The number of fused-ring (bicyclic) bond motifs is 2. The third-order valence-electron chi connectivity index (χ3n) is 3.60. The van der Waals surface area contributed by atoms with Crippen LogP contribution in [0.2, 0.25) is 0 Å². The number of hydrogen-bond donors (Lipinski definition) is 0. The molecule has 2 rings (SSSR count). The highest BCUT2D eigenvalue weighted by atomic mass is 16.6. The Hall–Kier alpha value is -1.52. The summed E-state index contributed by atoms with van der Waals surface area (Å²) in [5, 5.41) is 0. The van der Waals surface area contributed by atoms with Crippen LogP contribution in [0, 0.1) is 0 Å². The molecule has 2 heterocycles. The zero-order valence-electron chi connectivity index (χ0n) is 12.6. The van der Waals surface area contributed by atoms with E-state index in [2.05, 4.69) is 0 Å². The second kappa shape index (κ2) is 5.46. The molecule has 0 saturated carbocycles. The van der Waals surface area contributed by atoms with Crippen LogP contribution in [0.3, 0.4) is 0 Å². The number of ether oxygens (including phenoxy) is 2. The second-order valence-corrected chi connectivity index (χ2v) is 6.31. The minimum Gasteiger partial charge on any atom is -0.463 e. The van der Waals surface area contributed by atoms with Crippen LogP contribution >= 0.6 is 0 Å². The number of carbonyl (C=O) groups excluding carboxylic acids is 2. The zero-order chi connectivity index (χ0) is 14.9. The monoisotopic (exact) mass is 281 g/mol. The smallest absolute Gasteiger partial charge is 0.411 e. The Bertz CT molecular complexity index is 436. The second-order valence-electron chi connectivity index (χ2n) is 6.31. The summed E-state index contributed by atoms with van der Waals surface area (Å²) in [6, 6.07) is 0.162. The Morgan fingerprint density at radius 2 is 2.05 bits per heavy atom. The van der Waals surface area contributed by atoms with E-state index in [1.807, 2.05) is 20.8 Å². The number of carbonyl (C=O) groups is 2. The lowest BCUT2D eigenvalue weighted by Gasteiger charge is -2.27. The largest absolute Gasteiger partial charge is 0.463 e. The van der Waals surface area contributed by atoms with Gasteiger partial charge in [-0.1, -0.05) is 0 Å². The first-order chi connectivity index (χ1) is 9.31. The summed E-state index contributed by atoms with van der Waals surface area (Å²) < 4.78 is 10.4. The molecule has 0 radical (unpaired) electrons. The van der Waals surface area contributed by atoms with Gasteiger partial charge in [-0.3, -0.25) is 4.90 Å². The van der Waals surface area contributed by atoms with Crippen LogP contribution in [0.25, 0.3) is 0 Å². The molecule has 20 heavy (non-hydrogen) atoms. The van der Waals surface area contributed by atoms with Gasteiger partial charge in [-0.2, -0.15) is 0 Å². The van der Waals surface area contributed by atoms with E-state index in [0.717, 1.165) is 24.8 Å². The Labute approximate surface area is 119 Å². The van der Waals surface area contributed by atoms with Gasteiger partial charge in [-0.15, -0.1) is 0 Å². The molecule has 0 aromatic carbocycles. The van der Waals surface area contributed by atoms with E-state index in [4.69, 9.17) is 9.47 Å². The van der Waals surface area contributed by atoms with E-state index in [1.54, 1.807) is 17.9 Å². The molecule has 0 spiro atoms. The summed E-state index contributed by atoms with van der Waals surface area (Å²) in [7, 11) is 0. The number of esters is 1. The van der Waals surface area contributed by atoms with Crippen molar-refractivity contribution in [1.29, 1.82) is 0 Å². The Morgan fingerprint density at radius 1 is 1.35 bits per heavy atom. The molecular formula is C15H23NO4. The number of hydrogen-bond acceptors (Lipinski definition) is 4. The minimum absolute atomic E-state index is 0.000689. The topological polar surface area (TPSA) is 55.8 Å². The molecule has 0 aliphatic carbocycles. The van der Waals surface area contributed by atoms with Gasteiger partial charge < -0.3 is 9.47 Å². The quantitative estimate of drug-likeness (QED) is 0.577. The van der Waals surface area contributed by atoms with Crippen molar-refractivity contribution in [3.8, 4) is 0 Å². The van der Waals surface area contributed by atoms with Crippen LogP contribution in [0.5, 0.6) is 0 Å². The molecule has 0 N–H and O–H groups in total. The van der Waals surface area contributed by atoms with Gasteiger partial charge in [0.1, 0.15) is 5.60 Å². The lowest BCUT2D eigenvalue weighted by molar-refractivity contribution is -0.137. The zero-order valence-corrected chi connectivity index (χ0v) is 12.6. The maximum Gasteiger partial charge on any atom is 0.411 e. The first kappa shape index (κ1) is 14.9. The van der Waals surface area contributed by atoms with Crippen molar-refractivity contribution in [3.05, 3.63) is 11.6 Å². The Balaban J connectivity index is 2.07. The summed E-state index contributed by atoms with van der Waals surface area (Å²) in [5.74, 6) is -0.320. The molecule has 2 bridgehead atoms. The molecule has 2 aliphatic rings. The van der Waals surface area contributed by atoms with Crippen molar-refractivity contribution >= 4 is 12.1 Å². The van der Waals surface area contributed by atoms with Gasteiger partial charge in [0.25, 0.3) is 0 Å². The van der Waals surface area contributed by atoms with Crippen molar-refractivity contribution in [2.24, 2.45) is 0 Å². The molecular weight excluding hydrogens is 258 g/mol. The van der Waals surface area contributed by atoms with E-state index < -0.39 is 5.60 Å². The van der Waals surface area contributed by atoms with Crippen LogP contribution in [0.1, 0.15) is 47.0 Å². The van der Waals surface area contributed by atoms with E-state index in [-0.39, 0.29) is 24.1 Å². The standard InChI is InChI=1S/C15H23NO4/c1-5-19-13(17)9-10-8-11-6-7-12(10)16(11)14(18)20-15(2,3)4/h9,11-12H,5-8H2,1-4H3/b10-9+/t11-,12+/m1/s1. The van der Waals surface area contributed by atoms with Gasteiger partial charge in [0.2, 0.25) is 0 Å². The van der Waals surface area contributed by atoms with Crippen molar-refractivity contribution in [1.82, 2.24) is 4.90 Å². The molecule has 0 aromatic rings. The van der Waals surface area contributed by atoms with Gasteiger partial charge in [-0.25, -0.2) is 9.59 Å². The van der Waals surface area contributed by atoms with Gasteiger partial charge in [-0.05, 0) is 52.5 Å². The van der Waals surface area contributed by atoms with Crippen molar-refractivity contribution in [2.45, 2.75) is 64.6 Å². The lowest BCUT2D eigenvalue weighted by Crippen LogP contribution is -2.39. The normalized spacial score (nSPS) is 27.0. The summed E-state index contributed by atoms with van der Waals surface area (Å²) in [5.41, 5.74) is 0.495. The summed E-state index contributed by atoms with van der Waals surface area (Å²) in [6.45, 7) is 7.73. The first-order valence-corrected chi connectivity index (χ1v) is 7.20. The Kier molecular flexibility index (Phi) is 4.06. The highest BCUT2D eigenvalue weighted by Crippen LogP contribution is 2.42. The van der Waals surface area contributed by atoms with Crippen LogP contribution in [-0.2, 0) is 14.3 Å². The molecule has 2 saturated heterocycles. The molecule has 2 atom stereocenters. The van der Waals surface area contributed by atoms with E-state index >= 15 is 0 Å². The summed E-state index contributed by atoms with van der Waals surface area (Å²) in [6.07, 6.45) is 3.89. The molecule has 0 unspecified atom stereocenters. The van der Waals surface area contributed by atoms with Crippen LogP contribution < -0.4 is 0 Å². The third-order valence-corrected chi connectivity index (χ3v) is 3.60. The van der Waals surface area contributed by atoms with E-state index in [9.17, 15) is 9.59 Å². The van der Waals surface area contributed by atoms with Crippen LogP contribution in [-0.4, -0.2) is 41.3 Å². The van der Waals surface area contributed by atoms with Crippen molar-refractivity contribution in [2.75, 3.05) is 6.61 Å². The molecule has 5 heteroatoms. The molecule has 112 valence electrons. The van der Waals surface area contributed by atoms with Crippen LogP contribution in [0.15, 0.2) is 11.6 Å². The predicted molar refractivity (Wildman–Crippen MR) is 74.2 cm³/mol. The number of rotatable bonds is 2.